The van der Waals surface area contributed by atoms with E-state index in [4.69, 9.17) is 4.98 Å². The molecule has 26 heavy (non-hydrogen) atoms. The molecule has 0 saturated carbocycles. The predicted molar refractivity (Wildman–Crippen MR) is 97.7 cm³/mol. The Morgan fingerprint density at radius 1 is 1.23 bits per heavy atom. The zero-order valence-electron chi connectivity index (χ0n) is 15.0. The molecule has 3 aromatic heterocycles. The van der Waals surface area contributed by atoms with Crippen molar-refractivity contribution in [2.24, 2.45) is 7.05 Å². The van der Waals surface area contributed by atoms with E-state index in [1.54, 1.807) is 18.5 Å². The molecule has 4 heterocycles. The lowest BCUT2D eigenvalue weighted by molar-refractivity contribution is 0.244. The van der Waals surface area contributed by atoms with Gasteiger partial charge in [-0.25, -0.2) is 19.9 Å². The van der Waals surface area contributed by atoms with Crippen molar-refractivity contribution in [3.8, 4) is 0 Å². The minimum atomic E-state index is 0.286. The molecule has 4 rings (SSSR count). The summed E-state index contributed by atoms with van der Waals surface area (Å²) in [7, 11) is 1.95. The summed E-state index contributed by atoms with van der Waals surface area (Å²) in [6, 6.07) is 4.08. The van der Waals surface area contributed by atoms with Crippen LogP contribution in [0.15, 0.2) is 36.9 Å². The van der Waals surface area contributed by atoms with Crippen molar-refractivity contribution in [3.05, 3.63) is 54.0 Å². The van der Waals surface area contributed by atoms with Gasteiger partial charge in [-0.1, -0.05) is 0 Å². The van der Waals surface area contributed by atoms with Crippen molar-refractivity contribution < 1.29 is 0 Å². The molecule has 1 N–H and O–H groups in total. The standard InChI is InChI=1S/C18H22N8/c1-13-22-15(9-17(23-13)24-18-19-6-4-7-20-18)16-5-3-8-26(16)12-14-10-21-25(2)11-14/h4,6-7,9-11,16H,3,5,8,12H2,1-2H3,(H,19,20,22,23,24)/t16-/m0/s1. The number of aryl methyl sites for hydroxylation is 2. The third-order valence-corrected chi connectivity index (χ3v) is 4.51. The van der Waals surface area contributed by atoms with Gasteiger partial charge >= 0.3 is 0 Å². The number of hydrogen-bond donors (Lipinski definition) is 1. The van der Waals surface area contributed by atoms with E-state index in [0.717, 1.165) is 36.8 Å². The second-order valence-corrected chi connectivity index (χ2v) is 6.57. The summed E-state index contributed by atoms with van der Waals surface area (Å²) in [6.45, 7) is 3.86. The number of aromatic nitrogens is 6. The van der Waals surface area contributed by atoms with Crippen LogP contribution in [0, 0.1) is 6.92 Å². The molecule has 1 atom stereocenters. The average molecular weight is 350 g/mol. The molecular weight excluding hydrogens is 328 g/mol. The normalized spacial score (nSPS) is 17.5. The molecule has 0 bridgehead atoms. The Bertz CT molecular complexity index is 876. The van der Waals surface area contributed by atoms with Crippen LogP contribution in [-0.4, -0.2) is 41.2 Å². The summed E-state index contributed by atoms with van der Waals surface area (Å²) in [5.41, 5.74) is 2.26. The van der Waals surface area contributed by atoms with Gasteiger partial charge in [-0.2, -0.15) is 5.10 Å². The first-order chi connectivity index (χ1) is 12.7. The highest BCUT2D eigenvalue weighted by Crippen LogP contribution is 2.33. The Balaban J connectivity index is 1.55. The number of likely N-dealkylation sites (tertiary alicyclic amines) is 1. The van der Waals surface area contributed by atoms with Gasteiger partial charge < -0.3 is 5.32 Å². The minimum Gasteiger partial charge on any atom is -0.309 e. The van der Waals surface area contributed by atoms with E-state index >= 15 is 0 Å². The van der Waals surface area contributed by atoms with Gasteiger partial charge in [-0.05, 0) is 32.4 Å². The Kier molecular flexibility index (Phi) is 4.57. The first-order valence-electron chi connectivity index (χ1n) is 8.78. The zero-order chi connectivity index (χ0) is 17.9. The number of anilines is 2. The third-order valence-electron chi connectivity index (χ3n) is 4.51. The van der Waals surface area contributed by atoms with E-state index in [0.29, 0.717) is 5.95 Å². The highest BCUT2D eigenvalue weighted by molar-refractivity contribution is 5.48. The molecule has 0 spiro atoms. The van der Waals surface area contributed by atoms with Crippen molar-refractivity contribution in [3.63, 3.8) is 0 Å². The maximum atomic E-state index is 4.70. The largest absolute Gasteiger partial charge is 0.309 e. The quantitative estimate of drug-likeness (QED) is 0.756. The average Bonchev–Trinajstić information content (AvgIpc) is 3.24. The Morgan fingerprint density at radius 3 is 2.85 bits per heavy atom. The highest BCUT2D eigenvalue weighted by atomic mass is 15.3. The van der Waals surface area contributed by atoms with Crippen LogP contribution in [0.1, 0.15) is 36.0 Å². The van der Waals surface area contributed by atoms with E-state index in [1.165, 1.54) is 12.0 Å². The first-order valence-corrected chi connectivity index (χ1v) is 8.78. The second kappa shape index (κ2) is 7.17. The second-order valence-electron chi connectivity index (χ2n) is 6.57. The SMILES string of the molecule is Cc1nc(Nc2ncccn2)cc([C@@H]2CCCN2Cc2cnn(C)c2)n1. The monoisotopic (exact) mass is 350 g/mol. The van der Waals surface area contributed by atoms with Crippen LogP contribution < -0.4 is 5.32 Å². The predicted octanol–water partition coefficient (Wildman–Crippen LogP) is 2.39. The van der Waals surface area contributed by atoms with Gasteiger partial charge in [0, 0.05) is 43.8 Å². The molecule has 0 unspecified atom stereocenters. The maximum absolute atomic E-state index is 4.70. The fourth-order valence-corrected chi connectivity index (χ4v) is 3.44. The van der Waals surface area contributed by atoms with Crippen LogP contribution in [-0.2, 0) is 13.6 Å². The van der Waals surface area contributed by atoms with Gasteiger partial charge in [0.25, 0.3) is 0 Å². The van der Waals surface area contributed by atoms with Crippen molar-refractivity contribution in [2.75, 3.05) is 11.9 Å². The number of nitrogens with one attached hydrogen (secondary N) is 1. The van der Waals surface area contributed by atoms with Crippen LogP contribution >= 0.6 is 0 Å². The van der Waals surface area contributed by atoms with Crippen molar-refractivity contribution >= 4 is 11.8 Å². The summed E-state index contributed by atoms with van der Waals surface area (Å²) < 4.78 is 1.84. The van der Waals surface area contributed by atoms with Crippen LogP contribution in [0.25, 0.3) is 0 Å². The molecule has 3 aromatic rings. The molecule has 0 amide bonds. The number of nitrogens with zero attached hydrogens (tertiary/aromatic N) is 7. The molecule has 8 nitrogen and oxygen atoms in total. The van der Waals surface area contributed by atoms with Gasteiger partial charge in [-0.3, -0.25) is 9.58 Å². The van der Waals surface area contributed by atoms with E-state index in [1.807, 2.05) is 30.9 Å². The summed E-state index contributed by atoms with van der Waals surface area (Å²) in [5, 5.41) is 7.44. The zero-order valence-corrected chi connectivity index (χ0v) is 15.0. The molecule has 1 saturated heterocycles. The summed E-state index contributed by atoms with van der Waals surface area (Å²) >= 11 is 0. The molecule has 0 aliphatic carbocycles. The van der Waals surface area contributed by atoms with Gasteiger partial charge in [0.05, 0.1) is 17.9 Å². The first kappa shape index (κ1) is 16.6. The molecule has 0 radical (unpaired) electrons. The van der Waals surface area contributed by atoms with Crippen LogP contribution in [0.2, 0.25) is 0 Å². The smallest absolute Gasteiger partial charge is 0.228 e. The Hall–Kier alpha value is -2.87. The lowest BCUT2D eigenvalue weighted by Crippen LogP contribution is -2.23. The molecule has 8 heteroatoms. The lowest BCUT2D eigenvalue weighted by Gasteiger charge is -2.24. The van der Waals surface area contributed by atoms with Crippen molar-refractivity contribution in [2.45, 2.75) is 32.4 Å². The fourth-order valence-electron chi connectivity index (χ4n) is 3.44. The molecule has 134 valence electrons. The van der Waals surface area contributed by atoms with E-state index in [9.17, 15) is 0 Å². The summed E-state index contributed by atoms with van der Waals surface area (Å²) in [4.78, 5) is 20.0. The fraction of sp³-hybridized carbons (Fsp3) is 0.389. The van der Waals surface area contributed by atoms with E-state index < -0.39 is 0 Å². The van der Waals surface area contributed by atoms with Crippen LogP contribution in [0.4, 0.5) is 11.8 Å². The maximum Gasteiger partial charge on any atom is 0.228 e. The van der Waals surface area contributed by atoms with Crippen LogP contribution in [0.3, 0.4) is 0 Å². The minimum absolute atomic E-state index is 0.286. The Morgan fingerprint density at radius 2 is 2.08 bits per heavy atom. The van der Waals surface area contributed by atoms with Gasteiger partial charge in [0.1, 0.15) is 11.6 Å². The summed E-state index contributed by atoms with van der Waals surface area (Å²) in [5.74, 6) is 2.01. The topological polar surface area (TPSA) is 84.7 Å². The molecular formula is C18H22N8. The molecule has 0 aromatic carbocycles. The van der Waals surface area contributed by atoms with Crippen molar-refractivity contribution in [1.82, 2.24) is 34.6 Å². The summed E-state index contributed by atoms with van der Waals surface area (Å²) in [6.07, 6.45) is 9.67. The van der Waals surface area contributed by atoms with E-state index in [2.05, 4.69) is 36.5 Å². The third kappa shape index (κ3) is 3.70. The van der Waals surface area contributed by atoms with Crippen molar-refractivity contribution in [1.29, 1.82) is 0 Å². The molecule has 1 aliphatic rings. The Labute approximate surface area is 152 Å². The van der Waals surface area contributed by atoms with Gasteiger partial charge in [0.15, 0.2) is 0 Å². The lowest BCUT2D eigenvalue weighted by atomic mass is 10.1. The van der Waals surface area contributed by atoms with Gasteiger partial charge in [-0.15, -0.1) is 0 Å². The molecule has 1 fully saturated rings. The van der Waals surface area contributed by atoms with Crippen LogP contribution in [0.5, 0.6) is 0 Å². The molecule has 1 aliphatic heterocycles. The van der Waals surface area contributed by atoms with Gasteiger partial charge in [0.2, 0.25) is 5.95 Å². The van der Waals surface area contributed by atoms with E-state index in [-0.39, 0.29) is 6.04 Å². The number of hydrogen-bond acceptors (Lipinski definition) is 7. The highest BCUT2D eigenvalue weighted by Gasteiger charge is 2.28. The number of rotatable bonds is 5.